The molecule has 0 bridgehead atoms. The fraction of sp³-hybridized carbons (Fsp3) is 0.150. The molecule has 0 amide bonds. The molecular formula is C20H15F3N2O3. The molecule has 0 saturated carbocycles. The van der Waals surface area contributed by atoms with Crippen LogP contribution in [-0.4, -0.2) is 15.7 Å². The Hall–Kier alpha value is -3.42. The lowest BCUT2D eigenvalue weighted by molar-refractivity contribution is -0.137. The highest BCUT2D eigenvalue weighted by Crippen LogP contribution is 2.33. The van der Waals surface area contributed by atoms with Crippen molar-refractivity contribution in [3.8, 4) is 5.69 Å². The molecule has 0 saturated heterocycles. The summed E-state index contributed by atoms with van der Waals surface area (Å²) in [6, 6.07) is 14.6. The highest BCUT2D eigenvalue weighted by Gasteiger charge is 2.34. The highest BCUT2D eigenvalue weighted by molar-refractivity contribution is 5.87. The zero-order valence-electron chi connectivity index (χ0n) is 14.7. The molecule has 0 aliphatic heterocycles. The monoisotopic (exact) mass is 388 g/mol. The van der Waals surface area contributed by atoms with Crippen molar-refractivity contribution in [2.45, 2.75) is 19.7 Å². The standard InChI is InChI=1S/C20H15F3N2O3/c1-13-11-17(26)18(19(27)28-12-14-7-3-2-4-8-14)24-25(13)16-10-6-5-9-15(16)20(21,22)23/h2-11H,12H2,1H3. The molecule has 0 aliphatic rings. The Morgan fingerprint density at radius 2 is 1.71 bits per heavy atom. The highest BCUT2D eigenvalue weighted by atomic mass is 19.4. The van der Waals surface area contributed by atoms with Gasteiger partial charge < -0.3 is 4.74 Å². The first-order valence-electron chi connectivity index (χ1n) is 8.26. The lowest BCUT2D eigenvalue weighted by Gasteiger charge is -2.16. The number of rotatable bonds is 4. The number of aromatic nitrogens is 2. The number of alkyl halides is 3. The van der Waals surface area contributed by atoms with Gasteiger partial charge in [0.25, 0.3) is 0 Å². The molecule has 1 heterocycles. The third-order valence-corrected chi connectivity index (χ3v) is 3.95. The van der Waals surface area contributed by atoms with Gasteiger partial charge in [0.05, 0.1) is 11.3 Å². The summed E-state index contributed by atoms with van der Waals surface area (Å²) in [6.45, 7) is 1.34. The average molecular weight is 388 g/mol. The fourth-order valence-electron chi connectivity index (χ4n) is 2.62. The van der Waals surface area contributed by atoms with Crippen LogP contribution in [0.4, 0.5) is 13.2 Å². The minimum absolute atomic E-state index is 0.0895. The maximum atomic E-state index is 13.3. The van der Waals surface area contributed by atoms with Crippen LogP contribution < -0.4 is 5.43 Å². The third-order valence-electron chi connectivity index (χ3n) is 3.95. The topological polar surface area (TPSA) is 61.2 Å². The number of hydrogen-bond donors (Lipinski definition) is 0. The quantitative estimate of drug-likeness (QED) is 0.636. The van der Waals surface area contributed by atoms with Crippen molar-refractivity contribution < 1.29 is 22.7 Å². The second-order valence-electron chi connectivity index (χ2n) is 5.99. The van der Waals surface area contributed by atoms with E-state index in [1.165, 1.54) is 25.1 Å². The summed E-state index contributed by atoms with van der Waals surface area (Å²) >= 11 is 0. The first-order chi connectivity index (χ1) is 13.3. The zero-order chi connectivity index (χ0) is 20.3. The summed E-state index contributed by atoms with van der Waals surface area (Å²) in [6.07, 6.45) is -4.62. The minimum atomic E-state index is -4.62. The van der Waals surface area contributed by atoms with Gasteiger partial charge in [0.15, 0.2) is 0 Å². The van der Waals surface area contributed by atoms with Gasteiger partial charge in [-0.25, -0.2) is 9.48 Å². The van der Waals surface area contributed by atoms with E-state index in [0.717, 1.165) is 16.8 Å². The van der Waals surface area contributed by atoms with Gasteiger partial charge in [-0.1, -0.05) is 42.5 Å². The first-order valence-corrected chi connectivity index (χ1v) is 8.26. The maximum Gasteiger partial charge on any atom is 0.418 e. The Morgan fingerprint density at radius 3 is 2.39 bits per heavy atom. The predicted octanol–water partition coefficient (Wildman–Crippen LogP) is 3.92. The molecule has 0 fully saturated rings. The zero-order valence-corrected chi connectivity index (χ0v) is 14.7. The molecule has 0 aliphatic carbocycles. The summed E-state index contributed by atoms with van der Waals surface area (Å²) in [7, 11) is 0. The van der Waals surface area contributed by atoms with Crippen LogP contribution in [-0.2, 0) is 17.5 Å². The smallest absolute Gasteiger partial charge is 0.418 e. The first kappa shape index (κ1) is 19.3. The van der Waals surface area contributed by atoms with Crippen LogP contribution in [0.5, 0.6) is 0 Å². The van der Waals surface area contributed by atoms with Crippen molar-refractivity contribution in [2.24, 2.45) is 0 Å². The molecule has 0 unspecified atom stereocenters. The van der Waals surface area contributed by atoms with Crippen molar-refractivity contribution >= 4 is 5.97 Å². The number of esters is 1. The van der Waals surface area contributed by atoms with Crippen molar-refractivity contribution in [3.05, 3.63) is 93.4 Å². The molecule has 0 radical (unpaired) electrons. The molecule has 1 aromatic heterocycles. The van der Waals surface area contributed by atoms with E-state index in [-0.39, 0.29) is 18.0 Å². The number of hydrogen-bond acceptors (Lipinski definition) is 4. The van der Waals surface area contributed by atoms with Gasteiger partial charge in [-0.15, -0.1) is 0 Å². The SMILES string of the molecule is Cc1cc(=O)c(C(=O)OCc2ccccc2)nn1-c1ccccc1C(F)(F)F. The van der Waals surface area contributed by atoms with E-state index in [9.17, 15) is 22.8 Å². The second-order valence-corrected chi connectivity index (χ2v) is 5.99. The van der Waals surface area contributed by atoms with Crippen molar-refractivity contribution in [1.29, 1.82) is 0 Å². The molecule has 3 rings (SSSR count). The molecule has 0 spiro atoms. The average Bonchev–Trinajstić information content (AvgIpc) is 2.66. The lowest BCUT2D eigenvalue weighted by Crippen LogP contribution is -2.25. The van der Waals surface area contributed by atoms with E-state index < -0.39 is 28.8 Å². The fourth-order valence-corrected chi connectivity index (χ4v) is 2.62. The Balaban J connectivity index is 1.98. The minimum Gasteiger partial charge on any atom is -0.456 e. The Bertz CT molecular complexity index is 1060. The van der Waals surface area contributed by atoms with E-state index in [4.69, 9.17) is 4.74 Å². The number of nitrogens with zero attached hydrogens (tertiary/aromatic N) is 2. The van der Waals surface area contributed by atoms with Gasteiger partial charge in [-0.05, 0) is 24.6 Å². The predicted molar refractivity (Wildman–Crippen MR) is 95.1 cm³/mol. The van der Waals surface area contributed by atoms with E-state index in [2.05, 4.69) is 5.10 Å². The van der Waals surface area contributed by atoms with Crippen LogP contribution in [0.1, 0.15) is 27.3 Å². The van der Waals surface area contributed by atoms with Gasteiger partial charge in [0.2, 0.25) is 11.1 Å². The molecule has 5 nitrogen and oxygen atoms in total. The van der Waals surface area contributed by atoms with E-state index in [0.29, 0.717) is 5.56 Å². The summed E-state index contributed by atoms with van der Waals surface area (Å²) in [4.78, 5) is 24.5. The van der Waals surface area contributed by atoms with Crippen LogP contribution >= 0.6 is 0 Å². The normalized spacial score (nSPS) is 11.3. The van der Waals surface area contributed by atoms with Crippen LogP contribution in [0.15, 0.2) is 65.5 Å². The van der Waals surface area contributed by atoms with E-state index >= 15 is 0 Å². The van der Waals surface area contributed by atoms with Gasteiger partial charge in [0, 0.05) is 11.8 Å². The van der Waals surface area contributed by atoms with Crippen molar-refractivity contribution in [2.75, 3.05) is 0 Å². The van der Waals surface area contributed by atoms with E-state index in [1.54, 1.807) is 30.3 Å². The molecule has 0 atom stereocenters. The van der Waals surface area contributed by atoms with Crippen molar-refractivity contribution in [1.82, 2.24) is 9.78 Å². The molecule has 28 heavy (non-hydrogen) atoms. The summed E-state index contributed by atoms with van der Waals surface area (Å²) < 4.78 is 46.0. The van der Waals surface area contributed by atoms with Crippen LogP contribution in [0.2, 0.25) is 0 Å². The molecule has 2 aromatic carbocycles. The molecule has 144 valence electrons. The number of aryl methyl sites for hydroxylation is 1. The molecule has 8 heteroatoms. The van der Waals surface area contributed by atoms with Gasteiger partial charge >= 0.3 is 12.1 Å². The van der Waals surface area contributed by atoms with Crippen molar-refractivity contribution in [3.63, 3.8) is 0 Å². The summed E-state index contributed by atoms with van der Waals surface area (Å²) in [5.41, 5.74) is -1.68. The number of halogens is 3. The maximum absolute atomic E-state index is 13.3. The Kier molecular flexibility index (Phi) is 5.30. The largest absolute Gasteiger partial charge is 0.456 e. The van der Waals surface area contributed by atoms with E-state index in [1.807, 2.05) is 0 Å². The third kappa shape index (κ3) is 4.11. The van der Waals surface area contributed by atoms with Crippen LogP contribution in [0, 0.1) is 6.92 Å². The van der Waals surface area contributed by atoms with Gasteiger partial charge in [-0.2, -0.15) is 18.3 Å². The second kappa shape index (κ2) is 7.67. The summed E-state index contributed by atoms with van der Waals surface area (Å²) in [5.74, 6) is -1.01. The number of para-hydroxylation sites is 1. The number of carbonyl (C=O) groups excluding carboxylic acids is 1. The molecular weight excluding hydrogens is 373 g/mol. The van der Waals surface area contributed by atoms with Crippen LogP contribution in [0.3, 0.4) is 0 Å². The number of carbonyl (C=O) groups is 1. The Labute approximate surface area is 158 Å². The molecule has 3 aromatic rings. The van der Waals surface area contributed by atoms with Gasteiger partial charge in [-0.3, -0.25) is 4.79 Å². The van der Waals surface area contributed by atoms with Crippen LogP contribution in [0.25, 0.3) is 5.69 Å². The number of benzene rings is 2. The number of ether oxygens (including phenoxy) is 1. The lowest BCUT2D eigenvalue weighted by atomic mass is 10.1. The van der Waals surface area contributed by atoms with Gasteiger partial charge in [0.1, 0.15) is 6.61 Å². The summed E-state index contributed by atoms with van der Waals surface area (Å²) in [5, 5.41) is 3.86. The Morgan fingerprint density at radius 1 is 1.07 bits per heavy atom. The molecule has 0 N–H and O–H groups in total.